The summed E-state index contributed by atoms with van der Waals surface area (Å²) < 4.78 is 139. The Balaban J connectivity index is 1.76. The van der Waals surface area contributed by atoms with Crippen LogP contribution in [0.3, 0.4) is 0 Å². The Hall–Kier alpha value is -5.30. The molecule has 54 heavy (non-hydrogen) atoms. The largest absolute Gasteiger partial charge is 0.480 e. The minimum Gasteiger partial charge on any atom is -0.480 e. The number of hydrogen-bond donors (Lipinski definition) is 2. The van der Waals surface area contributed by atoms with Crippen molar-refractivity contribution in [3.63, 3.8) is 0 Å². The van der Waals surface area contributed by atoms with Crippen molar-refractivity contribution < 1.29 is 68.1 Å². The number of anilines is 2. The van der Waals surface area contributed by atoms with Gasteiger partial charge in [-0.2, -0.15) is 39.5 Å². The van der Waals surface area contributed by atoms with Crippen molar-refractivity contribution in [2.75, 3.05) is 36.6 Å². The maximum absolute atomic E-state index is 13.8. The van der Waals surface area contributed by atoms with E-state index in [9.17, 15) is 53.9 Å². The number of ether oxygens (including phenoxy) is 3. The predicted molar refractivity (Wildman–Crippen MR) is 172 cm³/mol. The lowest BCUT2D eigenvalue weighted by Gasteiger charge is -2.40. The van der Waals surface area contributed by atoms with Crippen molar-refractivity contribution in [1.82, 2.24) is 15.3 Å². The van der Waals surface area contributed by atoms with Gasteiger partial charge in [-0.15, -0.1) is 0 Å². The highest BCUT2D eigenvalue weighted by Crippen LogP contribution is 2.43. The molecule has 294 valence electrons. The molecule has 2 heterocycles. The van der Waals surface area contributed by atoms with E-state index in [0.717, 1.165) is 24.4 Å². The highest BCUT2D eigenvalue weighted by molar-refractivity contribution is 5.90. The first kappa shape index (κ1) is 41.5. The lowest BCUT2D eigenvalue weighted by atomic mass is 9.89. The number of nitrogens with zero attached hydrogens (tertiary/aromatic N) is 3. The van der Waals surface area contributed by atoms with Crippen LogP contribution in [0, 0.1) is 0 Å². The van der Waals surface area contributed by atoms with Gasteiger partial charge in [0.15, 0.2) is 12.4 Å². The smallest absolute Gasteiger partial charge is 0.416 e. The summed E-state index contributed by atoms with van der Waals surface area (Å²) in [6.45, 7) is 3.53. The third kappa shape index (κ3) is 10.4. The maximum Gasteiger partial charge on any atom is 0.416 e. The topological polar surface area (TPSA) is 132 Å². The number of esters is 1. The predicted octanol–water partition coefficient (Wildman–Crippen LogP) is 7.48. The highest BCUT2D eigenvalue weighted by atomic mass is 19.4. The molecule has 11 nitrogen and oxygen atoms in total. The van der Waals surface area contributed by atoms with Gasteiger partial charge in [0.05, 0.1) is 53.5 Å². The second-order valence-electron chi connectivity index (χ2n) is 11.8. The van der Waals surface area contributed by atoms with Gasteiger partial charge in [0, 0.05) is 12.5 Å². The summed E-state index contributed by atoms with van der Waals surface area (Å²) in [5.74, 6) is -2.29. The molecule has 2 aromatic carbocycles. The Bertz CT molecular complexity index is 1800. The molecule has 4 rings (SSSR count). The second kappa shape index (κ2) is 16.8. The van der Waals surface area contributed by atoms with Crippen molar-refractivity contribution in [2.45, 2.75) is 70.6 Å². The Morgan fingerprint density at radius 2 is 1.48 bits per heavy atom. The van der Waals surface area contributed by atoms with Crippen molar-refractivity contribution in [1.29, 1.82) is 0 Å². The van der Waals surface area contributed by atoms with E-state index in [4.69, 9.17) is 14.2 Å². The van der Waals surface area contributed by atoms with Gasteiger partial charge in [0.2, 0.25) is 5.95 Å². The molecule has 3 aromatic rings. The molecular formula is C34H34F9N5O6. The number of fused-ring (bicyclic) bond motifs is 1. The third-order valence-electron chi connectivity index (χ3n) is 8.04. The van der Waals surface area contributed by atoms with Crippen LogP contribution in [-0.4, -0.2) is 60.3 Å². The first-order chi connectivity index (χ1) is 25.2. The van der Waals surface area contributed by atoms with Crippen molar-refractivity contribution in [2.24, 2.45) is 0 Å². The highest BCUT2D eigenvalue weighted by Gasteiger charge is 2.40. The van der Waals surface area contributed by atoms with Gasteiger partial charge in [0.1, 0.15) is 6.54 Å². The van der Waals surface area contributed by atoms with E-state index >= 15 is 0 Å². The van der Waals surface area contributed by atoms with Crippen LogP contribution in [0.5, 0.6) is 5.75 Å². The fraction of sp³-hybridized carbons (Fsp3) is 0.441. The molecule has 0 aliphatic carbocycles. The summed E-state index contributed by atoms with van der Waals surface area (Å²) in [4.78, 5) is 46.5. The van der Waals surface area contributed by atoms with Crippen LogP contribution >= 0.6 is 0 Å². The standard InChI is InChI=1S/C34H34F9N5O6/c1-4-22-14-24(23-13-19(32(35,36)37)7-8-26(23)48(22)31(51)53-6-3)46-30-45-15-27(54-17-28(49)44-16-29(50)52-5-2)25(47-30)11-18-9-20(33(38,39)40)12-21(10-18)34(41,42)43/h7-10,12-13,15,22,24H,4-6,11,14,16-17H2,1-3H3,(H,44,49)(H,45,46,47)/t22-,24+/m1/s1. The number of rotatable bonds is 12. The van der Waals surface area contributed by atoms with Crippen molar-refractivity contribution in [3.8, 4) is 5.75 Å². The summed E-state index contributed by atoms with van der Waals surface area (Å²) in [6, 6.07) is 2.05. The molecule has 1 aliphatic heterocycles. The molecule has 0 saturated carbocycles. The molecule has 2 atom stereocenters. The number of benzene rings is 2. The fourth-order valence-corrected chi connectivity index (χ4v) is 5.63. The van der Waals surface area contributed by atoms with Crippen LogP contribution in [-0.2, 0) is 44.0 Å². The first-order valence-electron chi connectivity index (χ1n) is 16.4. The fourth-order valence-electron chi connectivity index (χ4n) is 5.63. The Labute approximate surface area is 302 Å². The van der Waals surface area contributed by atoms with Gasteiger partial charge in [0.25, 0.3) is 5.91 Å². The van der Waals surface area contributed by atoms with Crippen LogP contribution in [0.1, 0.15) is 73.2 Å². The zero-order valence-electron chi connectivity index (χ0n) is 28.8. The van der Waals surface area contributed by atoms with Gasteiger partial charge in [-0.25, -0.2) is 14.8 Å². The molecule has 20 heteroatoms. The Morgan fingerprint density at radius 1 is 0.852 bits per heavy atom. The minimum atomic E-state index is -5.17. The van der Waals surface area contributed by atoms with E-state index in [-0.39, 0.29) is 54.3 Å². The van der Waals surface area contributed by atoms with Gasteiger partial charge in [-0.3, -0.25) is 14.5 Å². The lowest BCUT2D eigenvalue weighted by molar-refractivity contribution is -0.144. The summed E-state index contributed by atoms with van der Waals surface area (Å²) in [5, 5.41) is 5.11. The molecule has 0 radical (unpaired) electrons. The van der Waals surface area contributed by atoms with Crippen LogP contribution in [0.15, 0.2) is 42.6 Å². The van der Waals surface area contributed by atoms with E-state index in [1.165, 1.54) is 11.8 Å². The van der Waals surface area contributed by atoms with Gasteiger partial charge < -0.3 is 24.8 Å². The average molecular weight is 780 g/mol. The van der Waals surface area contributed by atoms with Gasteiger partial charge in [-0.1, -0.05) is 6.92 Å². The third-order valence-corrected chi connectivity index (χ3v) is 8.04. The molecule has 1 aromatic heterocycles. The first-order valence-corrected chi connectivity index (χ1v) is 16.4. The summed E-state index contributed by atoms with van der Waals surface area (Å²) >= 11 is 0. The molecule has 0 saturated heterocycles. The SMILES string of the molecule is CCOC(=O)CNC(=O)COc1cnc(N[C@H]2C[C@@H](CC)N(C(=O)OCC)c3ccc(C(F)(F)F)cc32)nc1Cc1cc(C(F)(F)F)cc(C(F)(F)F)c1. The van der Waals surface area contributed by atoms with Gasteiger partial charge >= 0.3 is 30.6 Å². The number of nitrogens with one attached hydrogen (secondary N) is 2. The molecule has 0 fully saturated rings. The molecule has 1 aliphatic rings. The van der Waals surface area contributed by atoms with E-state index in [1.54, 1.807) is 13.8 Å². The molecule has 0 bridgehead atoms. The molecule has 2 amide bonds. The quantitative estimate of drug-likeness (QED) is 0.142. The zero-order chi connectivity index (χ0) is 40.0. The van der Waals surface area contributed by atoms with Crippen molar-refractivity contribution >= 4 is 29.6 Å². The molecule has 0 unspecified atom stereocenters. The Kier molecular flexibility index (Phi) is 12.9. The maximum atomic E-state index is 13.8. The molecule has 0 spiro atoms. The second-order valence-corrected chi connectivity index (χ2v) is 11.8. The number of hydrogen-bond acceptors (Lipinski definition) is 9. The summed E-state index contributed by atoms with van der Waals surface area (Å²) in [6.07, 6.45) is -15.3. The molecule has 2 N–H and O–H groups in total. The number of carbonyl (C=O) groups is 3. The Morgan fingerprint density at radius 3 is 2.06 bits per heavy atom. The minimum absolute atomic E-state index is 0.000905. The number of carbonyl (C=O) groups excluding carboxylic acids is 3. The molecular weight excluding hydrogens is 745 g/mol. The zero-order valence-corrected chi connectivity index (χ0v) is 28.8. The van der Waals surface area contributed by atoms with E-state index < -0.39 is 90.4 Å². The van der Waals surface area contributed by atoms with Crippen LogP contribution in [0.2, 0.25) is 0 Å². The number of halogens is 9. The summed E-state index contributed by atoms with van der Waals surface area (Å²) in [5.41, 5.74) is -4.96. The van der Waals surface area contributed by atoms with Crippen LogP contribution in [0.25, 0.3) is 0 Å². The van der Waals surface area contributed by atoms with E-state index in [2.05, 4.69) is 20.6 Å². The number of amides is 2. The summed E-state index contributed by atoms with van der Waals surface area (Å²) in [7, 11) is 0. The number of aromatic nitrogens is 2. The van der Waals surface area contributed by atoms with E-state index in [0.29, 0.717) is 18.6 Å². The van der Waals surface area contributed by atoms with E-state index in [1.807, 2.05) is 0 Å². The van der Waals surface area contributed by atoms with Crippen molar-refractivity contribution in [3.05, 3.63) is 76.1 Å². The number of alkyl halides is 9. The van der Waals surface area contributed by atoms with Crippen LogP contribution in [0.4, 0.5) is 55.9 Å². The monoisotopic (exact) mass is 779 g/mol. The normalized spacial score (nSPS) is 16.0. The van der Waals surface area contributed by atoms with Gasteiger partial charge in [-0.05, 0) is 74.2 Å². The lowest BCUT2D eigenvalue weighted by Crippen LogP contribution is -2.46. The van der Waals surface area contributed by atoms with Crippen LogP contribution < -0.4 is 20.3 Å². The average Bonchev–Trinajstić information content (AvgIpc) is 3.09.